The largest absolute Gasteiger partial charge is 0.394 e. The topological polar surface area (TPSA) is 245 Å². The van der Waals surface area contributed by atoms with Crippen LogP contribution in [0.15, 0.2) is 91.1 Å². The maximum absolute atomic E-state index is 14.2. The van der Waals surface area contributed by atoms with Crippen LogP contribution in [0.1, 0.15) is 23.1 Å². The van der Waals surface area contributed by atoms with Gasteiger partial charge in [0.25, 0.3) is 0 Å². The van der Waals surface area contributed by atoms with Crippen molar-refractivity contribution in [3.8, 4) is 0 Å². The minimum atomic E-state index is -1.91. The van der Waals surface area contributed by atoms with Gasteiger partial charge in [-0.3, -0.25) is 19.2 Å². The van der Waals surface area contributed by atoms with E-state index in [-0.39, 0.29) is 19.4 Å². The molecule has 8 atom stereocenters. The van der Waals surface area contributed by atoms with Crippen molar-refractivity contribution in [1.29, 1.82) is 0 Å². The van der Waals surface area contributed by atoms with Crippen LogP contribution in [0.25, 0.3) is 10.9 Å². The van der Waals surface area contributed by atoms with Crippen molar-refractivity contribution in [2.75, 3.05) is 19.7 Å². The number of hydrogen-bond donors (Lipinski definition) is 11. The van der Waals surface area contributed by atoms with Crippen LogP contribution in [0.5, 0.6) is 0 Å². The van der Waals surface area contributed by atoms with Gasteiger partial charge in [0.2, 0.25) is 23.6 Å². The lowest BCUT2D eigenvalue weighted by atomic mass is 10.00. The van der Waals surface area contributed by atoms with Gasteiger partial charge in [0.15, 0.2) is 0 Å². The molecule has 4 amide bonds. The Labute approximate surface area is 312 Å². The summed E-state index contributed by atoms with van der Waals surface area (Å²) in [6.07, 6.45) is -5.52. The summed E-state index contributed by atoms with van der Waals surface area (Å²) in [6.45, 7) is -1.45. The van der Waals surface area contributed by atoms with Gasteiger partial charge >= 0.3 is 0 Å². The molecule has 15 nitrogen and oxygen atoms in total. The van der Waals surface area contributed by atoms with Crippen LogP contribution < -0.4 is 26.6 Å². The van der Waals surface area contributed by atoms with Crippen molar-refractivity contribution in [2.24, 2.45) is 0 Å². The van der Waals surface area contributed by atoms with E-state index in [0.717, 1.165) is 27.6 Å². The van der Waals surface area contributed by atoms with Crippen molar-refractivity contribution < 1.29 is 44.7 Å². The number of aromatic amines is 1. The van der Waals surface area contributed by atoms with E-state index < -0.39 is 91.8 Å². The van der Waals surface area contributed by atoms with Crippen molar-refractivity contribution in [1.82, 2.24) is 31.6 Å². The van der Waals surface area contributed by atoms with Gasteiger partial charge in [-0.05, 0) is 29.2 Å². The summed E-state index contributed by atoms with van der Waals surface area (Å²) in [5.74, 6) is -2.49. The number of benzene rings is 3. The summed E-state index contributed by atoms with van der Waals surface area (Å²) in [6, 6.07) is 21.8. The number of nitrogens with one attached hydrogen (secondary N) is 6. The average molecular weight is 745 g/mol. The number of aromatic nitrogens is 1. The third-order valence-corrected chi connectivity index (χ3v) is 9.47. The van der Waals surface area contributed by atoms with Gasteiger partial charge in [-0.25, -0.2) is 0 Å². The van der Waals surface area contributed by atoms with Gasteiger partial charge in [-0.15, -0.1) is 0 Å². The van der Waals surface area contributed by atoms with Crippen LogP contribution in [0.3, 0.4) is 0 Å². The molecule has 2 heterocycles. The zero-order chi connectivity index (χ0) is 38.6. The first-order chi connectivity index (χ1) is 26.0. The Kier molecular flexibility index (Phi) is 14.3. The highest BCUT2D eigenvalue weighted by molar-refractivity contribution is 5.95. The maximum atomic E-state index is 14.2. The molecule has 15 heteroatoms. The van der Waals surface area contributed by atoms with Gasteiger partial charge in [0, 0.05) is 43.0 Å². The quantitative estimate of drug-likeness (QED) is 0.0762. The van der Waals surface area contributed by atoms with Crippen LogP contribution in [0.4, 0.5) is 0 Å². The van der Waals surface area contributed by atoms with Crippen LogP contribution >= 0.6 is 0 Å². The number of carbonyl (C=O) groups is 4. The number of aliphatic hydroxyl groups excluding tert-OH is 5. The van der Waals surface area contributed by atoms with Crippen LogP contribution in [0, 0.1) is 0 Å². The molecule has 54 heavy (non-hydrogen) atoms. The maximum Gasteiger partial charge on any atom is 0.243 e. The van der Waals surface area contributed by atoms with Gasteiger partial charge in [-0.2, -0.15) is 0 Å². The lowest BCUT2D eigenvalue weighted by Gasteiger charge is -2.29. The normalized spacial score (nSPS) is 22.5. The lowest BCUT2D eigenvalue weighted by Crippen LogP contribution is -2.59. The summed E-state index contributed by atoms with van der Waals surface area (Å²) in [4.78, 5) is 58.8. The smallest absolute Gasteiger partial charge is 0.243 e. The van der Waals surface area contributed by atoms with E-state index in [2.05, 4.69) is 31.6 Å². The number of rotatable bonds is 13. The third-order valence-electron chi connectivity index (χ3n) is 9.47. The molecule has 3 aromatic carbocycles. The van der Waals surface area contributed by atoms with E-state index in [4.69, 9.17) is 5.11 Å². The van der Waals surface area contributed by atoms with Crippen molar-refractivity contribution in [2.45, 2.75) is 74.3 Å². The van der Waals surface area contributed by atoms with E-state index in [1.54, 1.807) is 6.20 Å². The fourth-order valence-electron chi connectivity index (χ4n) is 6.43. The summed E-state index contributed by atoms with van der Waals surface area (Å²) in [7, 11) is 0. The van der Waals surface area contributed by atoms with E-state index in [1.165, 1.54) is 0 Å². The van der Waals surface area contributed by atoms with Crippen molar-refractivity contribution in [3.63, 3.8) is 0 Å². The number of aliphatic hydroxyl groups is 5. The standard InChI is InChI=1S/C39H48N6O9/c46-22-33(48)36(51)35(50)32(47)21-41-29-18-34(49)44-31(17-25-19-40-28-14-8-7-13-27(25)28)39(54)45-30(16-24-11-5-2-6-12-24)38(53)43-26(20-42-37(29)52)15-23-9-3-1-4-10-23/h1-14,19,26,29-33,35-36,40-41,46-48,50-51H,15-18,20-22H2,(H,42,52)(H,43,53)(H,44,49)(H,45,54)/t26-,29-,30+,31+,32+,33-,35-,36-/m1/s1. The predicted molar refractivity (Wildman–Crippen MR) is 199 cm³/mol. The Balaban J connectivity index is 1.45. The fraction of sp³-hybridized carbons (Fsp3) is 0.385. The Morgan fingerprint density at radius 2 is 1.26 bits per heavy atom. The van der Waals surface area contributed by atoms with Crippen molar-refractivity contribution in [3.05, 3.63) is 108 Å². The van der Waals surface area contributed by atoms with E-state index >= 15 is 0 Å². The summed E-state index contributed by atoms with van der Waals surface area (Å²) < 4.78 is 0. The molecule has 0 bridgehead atoms. The first-order valence-corrected chi connectivity index (χ1v) is 17.9. The molecule has 1 aliphatic rings. The van der Waals surface area contributed by atoms with Gasteiger partial charge in [0.05, 0.1) is 31.2 Å². The van der Waals surface area contributed by atoms with E-state index in [1.807, 2.05) is 84.9 Å². The second-order valence-electron chi connectivity index (χ2n) is 13.5. The molecule has 1 aliphatic heterocycles. The molecule has 1 saturated heterocycles. The Morgan fingerprint density at radius 3 is 1.94 bits per heavy atom. The molecule has 0 saturated carbocycles. The molecular weight excluding hydrogens is 696 g/mol. The molecule has 11 N–H and O–H groups in total. The molecule has 4 aromatic rings. The highest BCUT2D eigenvalue weighted by Gasteiger charge is 2.34. The molecule has 5 rings (SSSR count). The lowest BCUT2D eigenvalue weighted by molar-refractivity contribution is -0.134. The highest BCUT2D eigenvalue weighted by Crippen LogP contribution is 2.20. The van der Waals surface area contributed by atoms with Gasteiger partial charge < -0.3 is 57.1 Å². The molecule has 0 aliphatic carbocycles. The average Bonchev–Trinajstić information content (AvgIpc) is 3.59. The number of fused-ring (bicyclic) bond motifs is 1. The predicted octanol–water partition coefficient (Wildman–Crippen LogP) is -1.44. The zero-order valence-corrected chi connectivity index (χ0v) is 29.6. The number of amides is 4. The van der Waals surface area contributed by atoms with Crippen LogP contribution in [0.2, 0.25) is 0 Å². The molecular formula is C39H48N6O9. The Hall–Kier alpha value is -5.16. The molecule has 0 radical (unpaired) electrons. The second kappa shape index (κ2) is 19.3. The third kappa shape index (κ3) is 10.9. The summed E-state index contributed by atoms with van der Waals surface area (Å²) in [5.41, 5.74) is 3.22. The molecule has 1 fully saturated rings. The summed E-state index contributed by atoms with van der Waals surface area (Å²) >= 11 is 0. The van der Waals surface area contributed by atoms with Crippen molar-refractivity contribution >= 4 is 34.5 Å². The molecule has 288 valence electrons. The minimum Gasteiger partial charge on any atom is -0.394 e. The monoisotopic (exact) mass is 744 g/mol. The number of carbonyl (C=O) groups excluding carboxylic acids is 4. The van der Waals surface area contributed by atoms with Crippen LogP contribution in [-0.2, 0) is 38.4 Å². The molecule has 1 aromatic heterocycles. The number of para-hydroxylation sites is 1. The fourth-order valence-corrected chi connectivity index (χ4v) is 6.43. The van der Waals surface area contributed by atoms with E-state index in [9.17, 15) is 39.6 Å². The Bertz CT molecular complexity index is 1840. The number of hydrogen-bond acceptors (Lipinski definition) is 10. The Morgan fingerprint density at radius 1 is 0.667 bits per heavy atom. The SMILES string of the molecule is O=C1C[C@@H](NC[C@H](O)[C@@H](O)[C@H](O)[C@H](O)CO)C(=O)NC[C@@H](Cc2ccccc2)NC(=O)[C@H](Cc2ccccc2)NC(=O)[C@H](Cc2c[nH]c3ccccc23)N1. The van der Waals surface area contributed by atoms with Gasteiger partial charge in [0.1, 0.15) is 30.4 Å². The summed E-state index contributed by atoms with van der Waals surface area (Å²) in [5, 5.41) is 64.8. The second-order valence-corrected chi connectivity index (χ2v) is 13.5. The molecule has 0 spiro atoms. The first-order valence-electron chi connectivity index (χ1n) is 17.9. The van der Waals surface area contributed by atoms with Crippen LogP contribution in [-0.4, -0.2) is 122 Å². The van der Waals surface area contributed by atoms with Gasteiger partial charge in [-0.1, -0.05) is 78.9 Å². The first kappa shape index (κ1) is 40.0. The highest BCUT2D eigenvalue weighted by atomic mass is 16.4. The minimum absolute atomic E-state index is 0.0398. The molecule has 0 unspecified atom stereocenters. The zero-order valence-electron chi connectivity index (χ0n) is 29.6. The van der Waals surface area contributed by atoms with E-state index in [0.29, 0.717) is 6.42 Å². The number of H-pyrrole nitrogens is 1.